The van der Waals surface area contributed by atoms with E-state index >= 15 is 0 Å². The van der Waals surface area contributed by atoms with E-state index in [1.165, 1.54) is 18.2 Å². The lowest BCUT2D eigenvalue weighted by Crippen LogP contribution is -2.13. The van der Waals surface area contributed by atoms with Gasteiger partial charge in [-0.1, -0.05) is 18.2 Å². The summed E-state index contributed by atoms with van der Waals surface area (Å²) in [6, 6.07) is 9.43. The molecule has 0 atom stereocenters. The van der Waals surface area contributed by atoms with Gasteiger partial charge in [-0.3, -0.25) is 4.79 Å². The molecule has 2 aromatic rings. The minimum absolute atomic E-state index is 0.0230. The molecule has 2 rings (SSSR count). The van der Waals surface area contributed by atoms with E-state index < -0.39 is 16.1 Å². The van der Waals surface area contributed by atoms with Crippen molar-refractivity contribution in [3.63, 3.8) is 0 Å². The zero-order valence-corrected chi connectivity index (χ0v) is 15.1. The molecule has 7 heteroatoms. The summed E-state index contributed by atoms with van der Waals surface area (Å²) in [6.45, 7) is 5.49. The lowest BCUT2D eigenvalue weighted by molar-refractivity contribution is -0.136. The first-order chi connectivity index (χ1) is 11.7. The van der Waals surface area contributed by atoms with Crippen LogP contribution in [0.5, 0.6) is 11.5 Å². The van der Waals surface area contributed by atoms with E-state index in [0.717, 1.165) is 5.56 Å². The van der Waals surface area contributed by atoms with Crippen molar-refractivity contribution >= 4 is 16.1 Å². The fourth-order valence-corrected chi connectivity index (χ4v) is 3.42. The van der Waals surface area contributed by atoms with Gasteiger partial charge in [-0.15, -0.1) is 0 Å². The number of carbonyl (C=O) groups is 1. The molecule has 0 radical (unpaired) electrons. The van der Waals surface area contributed by atoms with E-state index in [1.54, 1.807) is 39.0 Å². The van der Waals surface area contributed by atoms with Gasteiger partial charge in [0, 0.05) is 5.56 Å². The van der Waals surface area contributed by atoms with Crippen LogP contribution in [-0.4, -0.2) is 26.1 Å². The van der Waals surface area contributed by atoms with Crippen LogP contribution in [0.25, 0.3) is 0 Å². The highest BCUT2D eigenvalue weighted by Gasteiger charge is 2.23. The molecule has 0 spiro atoms. The van der Waals surface area contributed by atoms with Gasteiger partial charge < -0.3 is 14.0 Å². The van der Waals surface area contributed by atoms with E-state index in [9.17, 15) is 13.2 Å². The maximum Gasteiger partial charge on any atom is 0.339 e. The molecule has 0 unspecified atom stereocenters. The third kappa shape index (κ3) is 4.51. The number of ether oxygens (including phenoxy) is 1. The average Bonchev–Trinajstić information content (AvgIpc) is 2.53. The molecule has 0 bridgehead atoms. The van der Waals surface area contributed by atoms with Crippen LogP contribution in [-0.2, 0) is 21.3 Å². The van der Waals surface area contributed by atoms with Crippen LogP contribution >= 0.6 is 0 Å². The molecule has 0 aliphatic heterocycles. The van der Waals surface area contributed by atoms with Crippen LogP contribution in [0.1, 0.15) is 23.6 Å². The topological polar surface area (TPSA) is 89.9 Å². The molecule has 2 aromatic carbocycles. The first kappa shape index (κ1) is 18.8. The zero-order chi connectivity index (χ0) is 18.6. The number of aliphatic carboxylic acids is 1. The Hall–Kier alpha value is -2.54. The standard InChI is InChI=1S/C18H20O6S/c1-4-23-18-15(11-17(19)20)13(3)8-9-16(18)24-25(21,22)14-7-5-6-12(2)10-14/h5-10H,4,11H2,1-3H3,(H,19,20). The molecule has 0 saturated heterocycles. The van der Waals surface area contributed by atoms with Gasteiger partial charge in [0.1, 0.15) is 4.90 Å². The highest BCUT2D eigenvalue weighted by Crippen LogP contribution is 2.36. The maximum absolute atomic E-state index is 12.5. The summed E-state index contributed by atoms with van der Waals surface area (Å²) in [5.41, 5.74) is 1.86. The summed E-state index contributed by atoms with van der Waals surface area (Å²) in [6.07, 6.45) is -0.289. The van der Waals surface area contributed by atoms with E-state index in [2.05, 4.69) is 0 Å². The average molecular weight is 364 g/mol. The van der Waals surface area contributed by atoms with E-state index in [1.807, 2.05) is 0 Å². The van der Waals surface area contributed by atoms with Crippen molar-refractivity contribution in [2.45, 2.75) is 32.1 Å². The SMILES string of the molecule is CCOc1c(OS(=O)(=O)c2cccc(C)c2)ccc(C)c1CC(=O)O. The molecule has 0 amide bonds. The minimum atomic E-state index is -4.06. The van der Waals surface area contributed by atoms with Crippen molar-refractivity contribution in [1.82, 2.24) is 0 Å². The van der Waals surface area contributed by atoms with E-state index in [-0.39, 0.29) is 29.4 Å². The van der Waals surface area contributed by atoms with Crippen molar-refractivity contribution in [3.05, 3.63) is 53.1 Å². The Morgan fingerprint density at radius 1 is 1.16 bits per heavy atom. The van der Waals surface area contributed by atoms with Gasteiger partial charge >= 0.3 is 16.1 Å². The third-order valence-corrected chi connectivity index (χ3v) is 4.78. The smallest absolute Gasteiger partial charge is 0.339 e. The van der Waals surface area contributed by atoms with Crippen LogP contribution in [0.2, 0.25) is 0 Å². The van der Waals surface area contributed by atoms with Crippen molar-refractivity contribution in [1.29, 1.82) is 0 Å². The summed E-state index contributed by atoms with van der Waals surface area (Å²) in [5, 5.41) is 9.10. The summed E-state index contributed by atoms with van der Waals surface area (Å²) < 4.78 is 35.8. The summed E-state index contributed by atoms with van der Waals surface area (Å²) in [7, 11) is -4.06. The number of rotatable bonds is 7. The summed E-state index contributed by atoms with van der Waals surface area (Å²) in [4.78, 5) is 11.1. The highest BCUT2D eigenvalue weighted by molar-refractivity contribution is 7.87. The normalized spacial score (nSPS) is 11.2. The zero-order valence-electron chi connectivity index (χ0n) is 14.3. The molecule has 134 valence electrons. The predicted octanol–water partition coefficient (Wildman–Crippen LogP) is 3.10. The quantitative estimate of drug-likeness (QED) is 0.759. The first-order valence-electron chi connectivity index (χ1n) is 7.73. The van der Waals surface area contributed by atoms with Gasteiger partial charge in [0.2, 0.25) is 0 Å². The second-order valence-electron chi connectivity index (χ2n) is 5.55. The van der Waals surface area contributed by atoms with Crippen molar-refractivity contribution in [3.8, 4) is 11.5 Å². The Labute approximate surface area is 147 Å². The number of hydrogen-bond donors (Lipinski definition) is 1. The predicted molar refractivity (Wildman–Crippen MR) is 92.7 cm³/mol. The fourth-order valence-electron chi connectivity index (χ4n) is 2.38. The number of hydrogen-bond acceptors (Lipinski definition) is 5. The van der Waals surface area contributed by atoms with Crippen LogP contribution in [0.3, 0.4) is 0 Å². The molecule has 0 heterocycles. The largest absolute Gasteiger partial charge is 0.490 e. The monoisotopic (exact) mass is 364 g/mol. The first-order valence-corrected chi connectivity index (χ1v) is 9.13. The Bertz CT molecular complexity index is 886. The van der Waals surface area contributed by atoms with Crippen LogP contribution in [0.15, 0.2) is 41.3 Å². The third-order valence-electron chi connectivity index (χ3n) is 3.55. The number of aryl methyl sites for hydroxylation is 2. The summed E-state index contributed by atoms with van der Waals surface area (Å²) in [5.74, 6) is -0.922. The van der Waals surface area contributed by atoms with Crippen LogP contribution < -0.4 is 8.92 Å². The molecule has 25 heavy (non-hydrogen) atoms. The molecule has 0 aliphatic carbocycles. The van der Waals surface area contributed by atoms with Gasteiger partial charge in [-0.05, 0) is 50.1 Å². The van der Waals surface area contributed by atoms with Crippen molar-refractivity contribution in [2.75, 3.05) is 6.61 Å². The van der Waals surface area contributed by atoms with Gasteiger partial charge in [0.25, 0.3) is 0 Å². The molecule has 6 nitrogen and oxygen atoms in total. The van der Waals surface area contributed by atoms with Gasteiger partial charge in [0.05, 0.1) is 13.0 Å². The van der Waals surface area contributed by atoms with Gasteiger partial charge in [-0.2, -0.15) is 8.42 Å². The molecular weight excluding hydrogens is 344 g/mol. The van der Waals surface area contributed by atoms with Gasteiger partial charge in [-0.25, -0.2) is 0 Å². The number of benzene rings is 2. The highest BCUT2D eigenvalue weighted by atomic mass is 32.2. The second-order valence-corrected chi connectivity index (χ2v) is 7.09. The fraction of sp³-hybridized carbons (Fsp3) is 0.278. The van der Waals surface area contributed by atoms with Crippen LogP contribution in [0, 0.1) is 13.8 Å². The lowest BCUT2D eigenvalue weighted by atomic mass is 10.0. The number of carboxylic acids is 1. The van der Waals surface area contributed by atoms with Crippen molar-refractivity contribution in [2.24, 2.45) is 0 Å². The van der Waals surface area contributed by atoms with E-state index in [4.69, 9.17) is 14.0 Å². The Balaban J connectivity index is 2.49. The molecule has 0 aromatic heterocycles. The molecule has 0 fully saturated rings. The molecule has 0 aliphatic rings. The minimum Gasteiger partial charge on any atom is -0.490 e. The Morgan fingerprint density at radius 2 is 1.88 bits per heavy atom. The van der Waals surface area contributed by atoms with Gasteiger partial charge in [0.15, 0.2) is 11.5 Å². The number of carboxylic acid groups (broad SMARTS) is 1. The second kappa shape index (κ2) is 7.57. The Morgan fingerprint density at radius 3 is 2.48 bits per heavy atom. The van der Waals surface area contributed by atoms with Crippen LogP contribution in [0.4, 0.5) is 0 Å². The lowest BCUT2D eigenvalue weighted by Gasteiger charge is -2.16. The maximum atomic E-state index is 12.5. The molecular formula is C18H20O6S. The van der Waals surface area contributed by atoms with Crippen molar-refractivity contribution < 1.29 is 27.2 Å². The molecule has 0 saturated carbocycles. The van der Waals surface area contributed by atoms with E-state index in [0.29, 0.717) is 11.1 Å². The summed E-state index contributed by atoms with van der Waals surface area (Å²) >= 11 is 0. The molecule has 1 N–H and O–H groups in total. The Kier molecular flexibility index (Phi) is 5.69.